The fourth-order valence-electron chi connectivity index (χ4n) is 1.22. The van der Waals surface area contributed by atoms with Gasteiger partial charge in [0.25, 0.3) is 0 Å². The lowest BCUT2D eigenvalue weighted by Gasteiger charge is -2.12. The quantitative estimate of drug-likeness (QED) is 0.784. The summed E-state index contributed by atoms with van der Waals surface area (Å²) in [6.07, 6.45) is 0.932. The van der Waals surface area contributed by atoms with Crippen molar-refractivity contribution in [2.24, 2.45) is 0 Å². The summed E-state index contributed by atoms with van der Waals surface area (Å²) in [4.78, 5) is 11.5. The van der Waals surface area contributed by atoms with Gasteiger partial charge in [-0.3, -0.25) is 0 Å². The smallest absolute Gasteiger partial charge is 0.319 e. The van der Waals surface area contributed by atoms with Gasteiger partial charge < -0.3 is 10.6 Å². The van der Waals surface area contributed by atoms with Gasteiger partial charge in [0.05, 0.1) is 0 Å². The van der Waals surface area contributed by atoms with E-state index in [0.717, 1.165) is 17.7 Å². The first kappa shape index (κ1) is 11.6. The van der Waals surface area contributed by atoms with Gasteiger partial charge in [-0.05, 0) is 38.0 Å². The first-order valence-electron chi connectivity index (χ1n) is 5.26. The van der Waals surface area contributed by atoms with Crippen LogP contribution in [0.1, 0.15) is 25.8 Å². The Morgan fingerprint density at radius 1 is 1.47 bits per heavy atom. The average molecular weight is 206 g/mol. The Morgan fingerprint density at radius 3 is 2.80 bits per heavy atom. The van der Waals surface area contributed by atoms with Crippen molar-refractivity contribution in [2.75, 3.05) is 5.32 Å². The maximum absolute atomic E-state index is 11.5. The molecule has 2 amide bonds. The molecule has 1 aromatic carbocycles. The first-order chi connectivity index (χ1) is 7.11. The molecular formula is C12H18N2O. The number of anilines is 1. The highest BCUT2D eigenvalue weighted by molar-refractivity contribution is 5.89. The van der Waals surface area contributed by atoms with E-state index in [9.17, 15) is 4.79 Å². The second kappa shape index (κ2) is 5.39. The number of nitrogens with one attached hydrogen (secondary N) is 2. The normalized spacial score (nSPS) is 11.9. The molecule has 0 radical (unpaired) electrons. The van der Waals surface area contributed by atoms with E-state index in [-0.39, 0.29) is 12.1 Å². The molecule has 0 fully saturated rings. The van der Waals surface area contributed by atoms with Crippen LogP contribution in [0.4, 0.5) is 10.5 Å². The number of carbonyl (C=O) groups excluding carboxylic acids is 1. The first-order valence-corrected chi connectivity index (χ1v) is 5.26. The summed E-state index contributed by atoms with van der Waals surface area (Å²) in [6.45, 7) is 6.02. The Labute approximate surface area is 90.9 Å². The molecule has 0 aliphatic rings. The zero-order chi connectivity index (χ0) is 11.3. The predicted molar refractivity (Wildman–Crippen MR) is 63.1 cm³/mol. The van der Waals surface area contributed by atoms with Crippen LogP contribution < -0.4 is 10.6 Å². The van der Waals surface area contributed by atoms with E-state index in [1.807, 2.05) is 45.0 Å². The number of hydrogen-bond acceptors (Lipinski definition) is 1. The fraction of sp³-hybridized carbons (Fsp3) is 0.417. The molecule has 15 heavy (non-hydrogen) atoms. The molecule has 0 spiro atoms. The minimum absolute atomic E-state index is 0.144. The molecule has 1 rings (SSSR count). The SMILES string of the molecule is CCC(C)NC(=O)Nc1cccc(C)c1. The molecule has 1 aromatic rings. The zero-order valence-corrected chi connectivity index (χ0v) is 9.50. The van der Waals surface area contributed by atoms with Crippen molar-refractivity contribution in [2.45, 2.75) is 33.2 Å². The number of urea groups is 1. The van der Waals surface area contributed by atoms with Crippen molar-refractivity contribution >= 4 is 11.7 Å². The van der Waals surface area contributed by atoms with E-state index in [4.69, 9.17) is 0 Å². The Kier molecular flexibility index (Phi) is 4.16. The number of aryl methyl sites for hydroxylation is 1. The van der Waals surface area contributed by atoms with E-state index < -0.39 is 0 Å². The predicted octanol–water partition coefficient (Wildman–Crippen LogP) is 2.92. The van der Waals surface area contributed by atoms with Gasteiger partial charge in [0.2, 0.25) is 0 Å². The average Bonchev–Trinajstić information content (AvgIpc) is 2.17. The molecule has 0 saturated heterocycles. The lowest BCUT2D eigenvalue weighted by atomic mass is 10.2. The minimum Gasteiger partial charge on any atom is -0.335 e. The van der Waals surface area contributed by atoms with Crippen LogP contribution in [-0.4, -0.2) is 12.1 Å². The number of carbonyl (C=O) groups is 1. The molecule has 1 unspecified atom stereocenters. The Morgan fingerprint density at radius 2 is 2.20 bits per heavy atom. The van der Waals surface area contributed by atoms with E-state index in [0.29, 0.717) is 0 Å². The zero-order valence-electron chi connectivity index (χ0n) is 9.50. The Hall–Kier alpha value is -1.51. The van der Waals surface area contributed by atoms with Crippen molar-refractivity contribution in [3.05, 3.63) is 29.8 Å². The van der Waals surface area contributed by atoms with Gasteiger partial charge in [0.15, 0.2) is 0 Å². The van der Waals surface area contributed by atoms with E-state index in [1.165, 1.54) is 0 Å². The molecule has 0 bridgehead atoms. The van der Waals surface area contributed by atoms with Crippen molar-refractivity contribution in [1.82, 2.24) is 5.32 Å². The van der Waals surface area contributed by atoms with Crippen LogP contribution in [0.15, 0.2) is 24.3 Å². The van der Waals surface area contributed by atoms with Crippen molar-refractivity contribution < 1.29 is 4.79 Å². The van der Waals surface area contributed by atoms with Crippen molar-refractivity contribution in [3.8, 4) is 0 Å². The monoisotopic (exact) mass is 206 g/mol. The summed E-state index contributed by atoms with van der Waals surface area (Å²) in [7, 11) is 0. The maximum Gasteiger partial charge on any atom is 0.319 e. The number of benzene rings is 1. The highest BCUT2D eigenvalue weighted by atomic mass is 16.2. The van der Waals surface area contributed by atoms with Crippen molar-refractivity contribution in [1.29, 1.82) is 0 Å². The molecule has 82 valence electrons. The lowest BCUT2D eigenvalue weighted by molar-refractivity contribution is 0.249. The third-order valence-corrected chi connectivity index (χ3v) is 2.27. The molecular weight excluding hydrogens is 188 g/mol. The van der Waals surface area contributed by atoms with E-state index >= 15 is 0 Å². The standard InChI is InChI=1S/C12H18N2O/c1-4-10(3)13-12(15)14-11-7-5-6-9(2)8-11/h5-8,10H,4H2,1-3H3,(H2,13,14,15). The largest absolute Gasteiger partial charge is 0.335 e. The van der Waals surface area contributed by atoms with Crippen LogP contribution in [0.25, 0.3) is 0 Å². The van der Waals surface area contributed by atoms with Crippen LogP contribution >= 0.6 is 0 Å². The summed E-state index contributed by atoms with van der Waals surface area (Å²) in [5, 5.41) is 5.65. The van der Waals surface area contributed by atoms with Crippen LogP contribution in [0.3, 0.4) is 0 Å². The van der Waals surface area contributed by atoms with Crippen LogP contribution in [0.5, 0.6) is 0 Å². The van der Waals surface area contributed by atoms with Gasteiger partial charge in [0, 0.05) is 11.7 Å². The van der Waals surface area contributed by atoms with Gasteiger partial charge >= 0.3 is 6.03 Å². The number of rotatable bonds is 3. The molecule has 1 atom stereocenters. The third kappa shape index (κ3) is 4.02. The Balaban J connectivity index is 2.51. The molecule has 0 saturated carbocycles. The topological polar surface area (TPSA) is 41.1 Å². The highest BCUT2D eigenvalue weighted by Crippen LogP contribution is 2.09. The third-order valence-electron chi connectivity index (χ3n) is 2.27. The fourth-order valence-corrected chi connectivity index (χ4v) is 1.22. The minimum atomic E-state index is -0.144. The molecule has 3 nitrogen and oxygen atoms in total. The second-order valence-corrected chi connectivity index (χ2v) is 3.78. The molecule has 0 aromatic heterocycles. The van der Waals surface area contributed by atoms with Gasteiger partial charge in [-0.1, -0.05) is 19.1 Å². The summed E-state index contributed by atoms with van der Waals surface area (Å²) in [5.74, 6) is 0. The van der Waals surface area contributed by atoms with Crippen LogP contribution in [-0.2, 0) is 0 Å². The van der Waals surface area contributed by atoms with E-state index in [2.05, 4.69) is 10.6 Å². The summed E-state index contributed by atoms with van der Waals surface area (Å²) in [6, 6.07) is 7.80. The van der Waals surface area contributed by atoms with Crippen LogP contribution in [0, 0.1) is 6.92 Å². The summed E-state index contributed by atoms with van der Waals surface area (Å²) >= 11 is 0. The van der Waals surface area contributed by atoms with Crippen LogP contribution in [0.2, 0.25) is 0 Å². The van der Waals surface area contributed by atoms with Gasteiger partial charge in [-0.15, -0.1) is 0 Å². The van der Waals surface area contributed by atoms with E-state index in [1.54, 1.807) is 0 Å². The van der Waals surface area contributed by atoms with Crippen molar-refractivity contribution in [3.63, 3.8) is 0 Å². The highest BCUT2D eigenvalue weighted by Gasteiger charge is 2.04. The second-order valence-electron chi connectivity index (χ2n) is 3.78. The molecule has 0 heterocycles. The lowest BCUT2D eigenvalue weighted by Crippen LogP contribution is -2.35. The summed E-state index contributed by atoms with van der Waals surface area (Å²) < 4.78 is 0. The summed E-state index contributed by atoms with van der Waals surface area (Å²) in [5.41, 5.74) is 1.96. The maximum atomic E-state index is 11.5. The van der Waals surface area contributed by atoms with Gasteiger partial charge in [-0.25, -0.2) is 4.79 Å². The molecule has 2 N–H and O–H groups in total. The molecule has 0 aliphatic carbocycles. The Bertz CT molecular complexity index is 336. The van der Waals surface area contributed by atoms with Gasteiger partial charge in [-0.2, -0.15) is 0 Å². The number of amides is 2. The molecule has 3 heteroatoms. The number of hydrogen-bond donors (Lipinski definition) is 2. The van der Waals surface area contributed by atoms with Gasteiger partial charge in [0.1, 0.15) is 0 Å². The molecule has 0 aliphatic heterocycles.